The Morgan fingerprint density at radius 2 is 0.742 bits per heavy atom. The molecule has 6 rings (SSSR count). The highest BCUT2D eigenvalue weighted by Gasteiger charge is 2.59. The maximum Gasteiger partial charge on any atom is 0.242 e. The number of amides is 4. The zero-order valence-corrected chi connectivity index (χ0v) is 44.0. The van der Waals surface area contributed by atoms with Crippen LogP contribution in [0, 0.1) is 24.7 Å². The van der Waals surface area contributed by atoms with Gasteiger partial charge in [0.15, 0.2) is 11.6 Å². The van der Waals surface area contributed by atoms with Crippen molar-refractivity contribution in [1.29, 1.82) is 0 Å². The van der Waals surface area contributed by atoms with Gasteiger partial charge in [0.2, 0.25) is 23.6 Å². The first-order chi connectivity index (χ1) is 27.7. The fourth-order valence-electron chi connectivity index (χ4n) is 7.20. The van der Waals surface area contributed by atoms with Gasteiger partial charge in [0.1, 0.15) is 0 Å². The first kappa shape index (κ1) is 57.1. The second-order valence-electron chi connectivity index (χ2n) is 20.0. The van der Waals surface area contributed by atoms with E-state index in [-0.39, 0.29) is 67.4 Å². The normalized spacial score (nSPS) is 25.3. The van der Waals surface area contributed by atoms with Gasteiger partial charge in [-0.3, -0.25) is 38.3 Å². The Balaban J connectivity index is 0.000000379. The molecule has 6 heterocycles. The first-order valence-corrected chi connectivity index (χ1v) is 23.4. The monoisotopic (exact) mass is 913 g/mol. The molecule has 0 aromatic carbocycles. The lowest BCUT2D eigenvalue weighted by Crippen LogP contribution is -2.65. The second-order valence-corrected chi connectivity index (χ2v) is 22.1. The van der Waals surface area contributed by atoms with Crippen LogP contribution in [0.1, 0.15) is 135 Å². The Morgan fingerprint density at radius 1 is 0.500 bits per heavy atom. The molecule has 0 N–H and O–H groups in total. The van der Waals surface area contributed by atoms with Gasteiger partial charge >= 0.3 is 0 Å². The molecule has 4 aliphatic heterocycles. The summed E-state index contributed by atoms with van der Waals surface area (Å²) in [5.74, 6) is -1.24. The lowest BCUT2D eigenvalue weighted by Gasteiger charge is -2.60. The Bertz CT molecular complexity index is 1630. The summed E-state index contributed by atoms with van der Waals surface area (Å²) in [6.45, 7) is 37.6. The zero-order chi connectivity index (χ0) is 48.8. The third kappa shape index (κ3) is 14.6. The number of carbonyl (C=O) groups is 4. The number of carbonyl (C=O) groups excluding carboxylic acids is 4. The largest absolute Gasteiger partial charge is 0.344 e. The third-order valence-corrected chi connectivity index (χ3v) is 14.6. The number of hydrogen-bond acceptors (Lipinski definition) is 14. The average molecular weight is 913 g/mol. The predicted octanol–water partition coefficient (Wildman–Crippen LogP) is 7.17. The van der Waals surface area contributed by atoms with Crippen LogP contribution >= 0.6 is 23.5 Å². The van der Waals surface area contributed by atoms with Crippen molar-refractivity contribution < 1.29 is 38.1 Å². The maximum absolute atomic E-state index is 11.0. The molecule has 2 atom stereocenters. The fourth-order valence-corrected chi connectivity index (χ4v) is 8.54. The third-order valence-electron chi connectivity index (χ3n) is 12.7. The van der Waals surface area contributed by atoms with Crippen LogP contribution in [0.15, 0.2) is 12.4 Å². The molecule has 0 spiro atoms. The van der Waals surface area contributed by atoms with Crippen LogP contribution in [0.4, 0.5) is 0 Å². The smallest absolute Gasteiger partial charge is 0.242 e. The average Bonchev–Trinajstić information content (AvgIpc) is 3.82. The van der Waals surface area contributed by atoms with Crippen molar-refractivity contribution in [3.05, 3.63) is 23.8 Å². The van der Waals surface area contributed by atoms with Crippen molar-refractivity contribution in [2.75, 3.05) is 26.6 Å². The summed E-state index contributed by atoms with van der Waals surface area (Å²) < 4.78 is 27.3. The van der Waals surface area contributed by atoms with Gasteiger partial charge in [-0.2, -0.15) is 23.5 Å². The molecule has 62 heavy (non-hydrogen) atoms. The molecule has 0 radical (unpaired) electrons. The highest BCUT2D eigenvalue weighted by atomic mass is 32.2. The Labute approximate surface area is 381 Å². The minimum atomic E-state index is -0.498. The SMILES string of the molecule is CC1(C)OC(C)(C)C(C)(C)C(C)(C)O1.CC1(C)OC(C)(C)C(C)(C)C(C)(C)O1.CSC1CC(=O)N(C)C1=O.CSC1CC(=O)N(C)C1=O.Cc1cn(C)nn1.Cc1cn(C)nn1. The van der Waals surface area contributed by atoms with E-state index in [0.717, 1.165) is 11.4 Å². The molecule has 0 bridgehead atoms. The summed E-state index contributed by atoms with van der Waals surface area (Å²) in [5, 5.41) is 14.6. The van der Waals surface area contributed by atoms with Crippen LogP contribution in [0.3, 0.4) is 0 Å². The minimum absolute atomic E-state index is 0.0183. The highest BCUT2D eigenvalue weighted by molar-refractivity contribution is 8.00. The van der Waals surface area contributed by atoms with Gasteiger partial charge < -0.3 is 18.9 Å². The molecule has 356 valence electrons. The van der Waals surface area contributed by atoms with E-state index in [0.29, 0.717) is 12.8 Å². The van der Waals surface area contributed by atoms with Crippen LogP contribution in [0.5, 0.6) is 0 Å². The van der Waals surface area contributed by atoms with Crippen molar-refractivity contribution in [2.45, 2.75) is 182 Å². The van der Waals surface area contributed by atoms with E-state index in [2.05, 4.69) is 104 Å². The number of hydrogen-bond donors (Lipinski definition) is 0. The number of aryl methyl sites for hydroxylation is 4. The number of thioether (sulfide) groups is 2. The lowest BCUT2D eigenvalue weighted by atomic mass is 9.65. The standard InChI is InChI=1S/2C12H24O2.2C6H9NO2S.2C4H7N3/c2*1-9(2)10(3,4)13-12(7,8)14-11(9,5)6;2*1-7-5(8)3-4(10-2)6(7)9;2*1-4-3-7(2)6-5-4/h2*1-8H3;2*4H,3H2,1-2H3;2*3H,1-2H3. The zero-order valence-electron chi connectivity index (χ0n) is 42.4. The summed E-state index contributed by atoms with van der Waals surface area (Å²) >= 11 is 2.87. The molecule has 18 heteroatoms. The Morgan fingerprint density at radius 3 is 0.855 bits per heavy atom. The number of rotatable bonds is 2. The molecule has 0 saturated carbocycles. The summed E-state index contributed by atoms with van der Waals surface area (Å²) in [5.41, 5.74) is 1.16. The summed E-state index contributed by atoms with van der Waals surface area (Å²) in [7, 11) is 6.75. The number of imide groups is 2. The van der Waals surface area contributed by atoms with Gasteiger partial charge in [-0.15, -0.1) is 10.2 Å². The fraction of sp³-hybridized carbons (Fsp3) is 0.818. The predicted molar refractivity (Wildman–Crippen MR) is 247 cm³/mol. The molecule has 4 amide bonds. The van der Waals surface area contributed by atoms with Crippen molar-refractivity contribution in [3.8, 4) is 0 Å². The van der Waals surface area contributed by atoms with E-state index in [4.69, 9.17) is 18.9 Å². The van der Waals surface area contributed by atoms with E-state index in [1.54, 1.807) is 9.36 Å². The Hall–Kier alpha value is -2.90. The van der Waals surface area contributed by atoms with Crippen LogP contribution < -0.4 is 0 Å². The van der Waals surface area contributed by atoms with Gasteiger partial charge in [0, 0.05) is 64.3 Å². The van der Waals surface area contributed by atoms with Gasteiger partial charge in [0.05, 0.1) is 44.3 Å². The van der Waals surface area contributed by atoms with E-state index >= 15 is 0 Å². The van der Waals surface area contributed by atoms with E-state index in [9.17, 15) is 19.2 Å². The number of ether oxygens (including phenoxy) is 4. The van der Waals surface area contributed by atoms with Crippen LogP contribution in [-0.2, 0) is 52.2 Å². The van der Waals surface area contributed by atoms with E-state index in [1.807, 2.05) is 80.5 Å². The van der Waals surface area contributed by atoms with E-state index in [1.165, 1.54) is 47.4 Å². The maximum atomic E-state index is 11.0. The quantitative estimate of drug-likeness (QED) is 0.278. The molecule has 4 fully saturated rings. The number of aromatic nitrogens is 6. The highest BCUT2D eigenvalue weighted by Crippen LogP contribution is 2.53. The number of nitrogens with zero attached hydrogens (tertiary/aromatic N) is 8. The van der Waals surface area contributed by atoms with Crippen LogP contribution in [0.2, 0.25) is 0 Å². The molecule has 2 aromatic heterocycles. The van der Waals surface area contributed by atoms with Gasteiger partial charge in [-0.1, -0.05) is 38.1 Å². The molecule has 2 unspecified atom stereocenters. The van der Waals surface area contributed by atoms with Crippen molar-refractivity contribution in [1.82, 2.24) is 39.8 Å². The molecule has 4 aliphatic rings. The van der Waals surface area contributed by atoms with Crippen molar-refractivity contribution >= 4 is 47.2 Å². The summed E-state index contributed by atoms with van der Waals surface area (Å²) in [6, 6.07) is 0. The lowest BCUT2D eigenvalue weighted by molar-refractivity contribution is -0.397. The molecule has 4 saturated heterocycles. The van der Waals surface area contributed by atoms with Crippen molar-refractivity contribution in [2.24, 2.45) is 24.9 Å². The summed E-state index contributed by atoms with van der Waals surface area (Å²) in [6.07, 6.45) is 8.15. The molecule has 2 aromatic rings. The first-order valence-electron chi connectivity index (χ1n) is 20.9. The van der Waals surface area contributed by atoms with Gasteiger partial charge in [-0.25, -0.2) is 0 Å². The van der Waals surface area contributed by atoms with Gasteiger partial charge in [0.25, 0.3) is 0 Å². The minimum Gasteiger partial charge on any atom is -0.344 e. The van der Waals surface area contributed by atoms with E-state index < -0.39 is 11.6 Å². The topological polar surface area (TPSA) is 173 Å². The molecular formula is C44H80N8O8S2. The number of likely N-dealkylation sites (tertiary alicyclic amines) is 2. The second kappa shape index (κ2) is 20.9. The van der Waals surface area contributed by atoms with Crippen LogP contribution in [0.25, 0.3) is 0 Å². The van der Waals surface area contributed by atoms with Gasteiger partial charge in [-0.05, 0) is 109 Å². The van der Waals surface area contributed by atoms with Crippen LogP contribution in [-0.4, -0.2) is 135 Å². The Kier molecular flexibility index (Phi) is 19.3. The van der Waals surface area contributed by atoms with Crippen molar-refractivity contribution in [3.63, 3.8) is 0 Å². The molecule has 16 nitrogen and oxygen atoms in total. The molecular weight excluding hydrogens is 833 g/mol. The summed E-state index contributed by atoms with van der Waals surface area (Å²) in [4.78, 5) is 46.1. The molecule has 0 aliphatic carbocycles.